The summed E-state index contributed by atoms with van der Waals surface area (Å²) in [5, 5.41) is 4.18. The summed E-state index contributed by atoms with van der Waals surface area (Å²) in [5.74, 6) is 1.61. The molecule has 1 aromatic heterocycles. The van der Waals surface area contributed by atoms with Crippen LogP contribution in [0.2, 0.25) is 0 Å². The lowest BCUT2D eigenvalue weighted by Crippen LogP contribution is -1.98. The number of rotatable bonds is 2. The van der Waals surface area contributed by atoms with Gasteiger partial charge >= 0.3 is 0 Å². The minimum atomic E-state index is 0. The zero-order valence-electron chi connectivity index (χ0n) is 10.8. The summed E-state index contributed by atoms with van der Waals surface area (Å²) in [6.07, 6.45) is 0. The highest BCUT2D eigenvalue weighted by atomic mass is 127. The SMILES string of the molecule is CNc1nc(-c2ccc(I)cc2)nc2ccccc12.Cl. The Morgan fingerprint density at radius 2 is 1.65 bits per heavy atom. The van der Waals surface area contributed by atoms with Gasteiger partial charge in [0.2, 0.25) is 0 Å². The number of hydrogen-bond donors (Lipinski definition) is 1. The van der Waals surface area contributed by atoms with Crippen LogP contribution in [0.3, 0.4) is 0 Å². The summed E-state index contributed by atoms with van der Waals surface area (Å²) in [5.41, 5.74) is 1.98. The molecule has 0 aliphatic rings. The van der Waals surface area contributed by atoms with Crippen LogP contribution in [0.1, 0.15) is 0 Å². The number of para-hydroxylation sites is 1. The van der Waals surface area contributed by atoms with Crippen LogP contribution in [0.5, 0.6) is 0 Å². The van der Waals surface area contributed by atoms with Crippen molar-refractivity contribution in [2.24, 2.45) is 0 Å². The molecule has 2 aromatic carbocycles. The maximum absolute atomic E-state index is 4.63. The number of halogens is 2. The van der Waals surface area contributed by atoms with Gasteiger partial charge in [-0.05, 0) is 46.9 Å². The molecule has 0 fully saturated rings. The van der Waals surface area contributed by atoms with Gasteiger partial charge in [0.15, 0.2) is 5.82 Å². The average Bonchev–Trinajstić information content (AvgIpc) is 2.47. The second kappa shape index (κ2) is 6.37. The Balaban J connectivity index is 0.00000147. The molecule has 0 aliphatic heterocycles. The molecule has 3 nitrogen and oxygen atoms in total. The molecular weight excluding hydrogens is 385 g/mol. The smallest absolute Gasteiger partial charge is 0.162 e. The van der Waals surface area contributed by atoms with Gasteiger partial charge in [-0.2, -0.15) is 0 Å². The standard InChI is InChI=1S/C15H12IN3.ClH/c1-17-15-12-4-2-3-5-13(12)18-14(19-15)10-6-8-11(16)9-7-10;/h2-9H,1H3,(H,17,18,19);1H. The van der Waals surface area contributed by atoms with Crippen molar-refractivity contribution in [2.75, 3.05) is 12.4 Å². The number of hydrogen-bond acceptors (Lipinski definition) is 3. The highest BCUT2D eigenvalue weighted by Gasteiger charge is 2.07. The van der Waals surface area contributed by atoms with E-state index in [-0.39, 0.29) is 12.4 Å². The monoisotopic (exact) mass is 397 g/mol. The summed E-state index contributed by atoms with van der Waals surface area (Å²) in [6, 6.07) is 16.2. The maximum atomic E-state index is 4.63. The third-order valence-corrected chi connectivity index (χ3v) is 3.66. The zero-order valence-corrected chi connectivity index (χ0v) is 13.8. The van der Waals surface area contributed by atoms with E-state index in [2.05, 4.69) is 50.0 Å². The fraction of sp³-hybridized carbons (Fsp3) is 0.0667. The minimum absolute atomic E-state index is 0. The molecule has 0 saturated heterocycles. The van der Waals surface area contributed by atoms with Gasteiger partial charge in [-0.25, -0.2) is 9.97 Å². The third kappa shape index (κ3) is 2.86. The molecule has 3 aromatic rings. The number of anilines is 1. The molecule has 3 rings (SSSR count). The zero-order chi connectivity index (χ0) is 13.2. The first kappa shape index (κ1) is 15.0. The number of benzene rings is 2. The maximum Gasteiger partial charge on any atom is 0.162 e. The molecule has 1 heterocycles. The molecule has 0 bridgehead atoms. The number of aromatic nitrogens is 2. The average molecular weight is 398 g/mol. The topological polar surface area (TPSA) is 37.8 Å². The van der Waals surface area contributed by atoms with Gasteiger partial charge in [0.05, 0.1) is 5.52 Å². The van der Waals surface area contributed by atoms with Crippen molar-refractivity contribution in [2.45, 2.75) is 0 Å². The lowest BCUT2D eigenvalue weighted by molar-refractivity contribution is 1.21. The highest BCUT2D eigenvalue weighted by molar-refractivity contribution is 14.1. The molecule has 1 N–H and O–H groups in total. The van der Waals surface area contributed by atoms with Gasteiger partial charge in [0.25, 0.3) is 0 Å². The highest BCUT2D eigenvalue weighted by Crippen LogP contribution is 2.24. The molecule has 20 heavy (non-hydrogen) atoms. The first-order chi connectivity index (χ1) is 9.28. The van der Waals surface area contributed by atoms with Crippen molar-refractivity contribution >= 4 is 51.7 Å². The largest absolute Gasteiger partial charge is 0.373 e. The van der Waals surface area contributed by atoms with Gasteiger partial charge in [-0.1, -0.05) is 24.3 Å². The lowest BCUT2D eigenvalue weighted by atomic mass is 10.2. The van der Waals surface area contributed by atoms with E-state index in [0.29, 0.717) is 0 Å². The van der Waals surface area contributed by atoms with Crippen molar-refractivity contribution in [1.82, 2.24) is 9.97 Å². The molecule has 0 saturated carbocycles. The van der Waals surface area contributed by atoms with E-state index < -0.39 is 0 Å². The van der Waals surface area contributed by atoms with Crippen LogP contribution in [-0.2, 0) is 0 Å². The van der Waals surface area contributed by atoms with Crippen LogP contribution in [0.25, 0.3) is 22.3 Å². The predicted molar refractivity (Wildman–Crippen MR) is 94.5 cm³/mol. The van der Waals surface area contributed by atoms with E-state index in [1.165, 1.54) is 3.57 Å². The Bertz CT molecular complexity index is 729. The normalized spacial score (nSPS) is 10.1. The van der Waals surface area contributed by atoms with Crippen molar-refractivity contribution in [3.8, 4) is 11.4 Å². The van der Waals surface area contributed by atoms with Gasteiger partial charge in [0, 0.05) is 21.6 Å². The fourth-order valence-corrected chi connectivity index (χ4v) is 2.35. The van der Waals surface area contributed by atoms with Crippen LogP contribution in [0.15, 0.2) is 48.5 Å². The van der Waals surface area contributed by atoms with Crippen LogP contribution in [0.4, 0.5) is 5.82 Å². The molecule has 5 heteroatoms. The van der Waals surface area contributed by atoms with E-state index >= 15 is 0 Å². The first-order valence-corrected chi connectivity index (χ1v) is 7.06. The molecular formula is C15H13ClIN3. The van der Waals surface area contributed by atoms with Crippen molar-refractivity contribution in [1.29, 1.82) is 0 Å². The predicted octanol–water partition coefficient (Wildman–Crippen LogP) is 4.36. The van der Waals surface area contributed by atoms with E-state index in [9.17, 15) is 0 Å². The molecule has 0 unspecified atom stereocenters. The fourth-order valence-electron chi connectivity index (χ4n) is 2.00. The molecule has 0 atom stereocenters. The van der Waals surface area contributed by atoms with E-state index in [1.807, 2.05) is 43.4 Å². The number of nitrogens with one attached hydrogen (secondary N) is 1. The van der Waals surface area contributed by atoms with Gasteiger partial charge < -0.3 is 5.32 Å². The third-order valence-electron chi connectivity index (χ3n) is 2.94. The van der Waals surface area contributed by atoms with Gasteiger partial charge in [-0.15, -0.1) is 12.4 Å². The summed E-state index contributed by atoms with van der Waals surface area (Å²) in [7, 11) is 1.88. The molecule has 0 spiro atoms. The van der Waals surface area contributed by atoms with Gasteiger partial charge in [-0.3, -0.25) is 0 Å². The Hall–Kier alpha value is -1.40. The van der Waals surface area contributed by atoms with Crippen molar-refractivity contribution in [3.63, 3.8) is 0 Å². The van der Waals surface area contributed by atoms with Crippen LogP contribution in [0, 0.1) is 3.57 Å². The summed E-state index contributed by atoms with van der Waals surface area (Å²) < 4.78 is 1.20. The van der Waals surface area contributed by atoms with E-state index in [4.69, 9.17) is 0 Å². The van der Waals surface area contributed by atoms with Gasteiger partial charge in [0.1, 0.15) is 5.82 Å². The van der Waals surface area contributed by atoms with E-state index in [0.717, 1.165) is 28.1 Å². The minimum Gasteiger partial charge on any atom is -0.373 e. The molecule has 0 amide bonds. The van der Waals surface area contributed by atoms with Crippen molar-refractivity contribution < 1.29 is 0 Å². The summed E-state index contributed by atoms with van der Waals surface area (Å²) in [6.45, 7) is 0. The second-order valence-electron chi connectivity index (χ2n) is 4.17. The second-order valence-corrected chi connectivity index (χ2v) is 5.42. The number of nitrogens with zero attached hydrogens (tertiary/aromatic N) is 2. The summed E-state index contributed by atoms with van der Waals surface area (Å²) >= 11 is 2.29. The molecule has 102 valence electrons. The van der Waals surface area contributed by atoms with Crippen LogP contribution >= 0.6 is 35.0 Å². The first-order valence-electron chi connectivity index (χ1n) is 5.98. The quantitative estimate of drug-likeness (QED) is 0.653. The Labute approximate surface area is 137 Å². The molecule has 0 aliphatic carbocycles. The Morgan fingerprint density at radius 1 is 0.950 bits per heavy atom. The number of fused-ring (bicyclic) bond motifs is 1. The summed E-state index contributed by atoms with van der Waals surface area (Å²) in [4.78, 5) is 9.22. The van der Waals surface area contributed by atoms with Crippen LogP contribution < -0.4 is 5.32 Å². The Kier molecular flexibility index (Phi) is 4.77. The molecule has 0 radical (unpaired) electrons. The van der Waals surface area contributed by atoms with E-state index in [1.54, 1.807) is 0 Å². The Morgan fingerprint density at radius 3 is 2.35 bits per heavy atom. The van der Waals surface area contributed by atoms with Crippen LogP contribution in [-0.4, -0.2) is 17.0 Å². The van der Waals surface area contributed by atoms with Crippen molar-refractivity contribution in [3.05, 3.63) is 52.1 Å². The lowest BCUT2D eigenvalue weighted by Gasteiger charge is -2.08.